The Balaban J connectivity index is 1.02. The minimum atomic E-state index is -4.55. The van der Waals surface area contributed by atoms with Crippen LogP contribution in [0.25, 0.3) is 5.65 Å². The second kappa shape index (κ2) is 16.8. The Morgan fingerprint density at radius 2 is 1.82 bits per heavy atom. The molecule has 18 heteroatoms. The number of rotatable bonds is 15. The van der Waals surface area contributed by atoms with Crippen molar-refractivity contribution in [2.24, 2.45) is 0 Å². The highest BCUT2D eigenvalue weighted by molar-refractivity contribution is 7.90. The van der Waals surface area contributed by atoms with E-state index in [2.05, 4.69) is 20.6 Å². The summed E-state index contributed by atoms with van der Waals surface area (Å²) in [6.07, 6.45) is 4.76. The summed E-state index contributed by atoms with van der Waals surface area (Å²) >= 11 is 1.16. The first-order valence-electron chi connectivity index (χ1n) is 17.9. The van der Waals surface area contributed by atoms with Crippen molar-refractivity contribution in [3.05, 3.63) is 135 Å². The van der Waals surface area contributed by atoms with Crippen LogP contribution in [-0.2, 0) is 23.0 Å². The lowest BCUT2D eigenvalue weighted by atomic mass is 9.94. The Morgan fingerprint density at radius 3 is 2.60 bits per heavy atom. The van der Waals surface area contributed by atoms with Gasteiger partial charge in [0, 0.05) is 36.3 Å². The minimum absolute atomic E-state index is 0.105. The van der Waals surface area contributed by atoms with E-state index in [-0.39, 0.29) is 29.9 Å². The molecule has 4 heterocycles. The fourth-order valence-electron chi connectivity index (χ4n) is 6.38. The van der Waals surface area contributed by atoms with Crippen molar-refractivity contribution in [3.8, 4) is 5.75 Å². The molecule has 0 bridgehead atoms. The quantitative estimate of drug-likeness (QED) is 0.0880. The van der Waals surface area contributed by atoms with Gasteiger partial charge in [0.05, 0.1) is 22.1 Å². The Labute approximate surface area is 332 Å². The van der Waals surface area contributed by atoms with Gasteiger partial charge in [-0.3, -0.25) is 19.7 Å². The highest BCUT2D eigenvalue weighted by Crippen LogP contribution is 2.31. The maximum Gasteiger partial charge on any atom is 0.293 e. The SMILES string of the molecule is CN(C)CC[C@H](COc1ccccc1)Nc1ccc(S(=O)(=O)NC(=O)c2csc(N3CCc4cccc(C(=O)Nc5cn6ccccc6n5)c4C3)n2)cc1[N+](=O)[O-]. The highest BCUT2D eigenvalue weighted by atomic mass is 32.2. The van der Waals surface area contributed by atoms with Crippen molar-refractivity contribution in [2.75, 3.05) is 49.3 Å². The number of anilines is 3. The third-order valence-electron chi connectivity index (χ3n) is 9.30. The zero-order chi connectivity index (χ0) is 40.1. The van der Waals surface area contributed by atoms with Crippen LogP contribution in [0.1, 0.15) is 38.4 Å². The molecule has 3 aromatic carbocycles. The summed E-state index contributed by atoms with van der Waals surface area (Å²) in [7, 11) is -0.723. The number of carbonyl (C=O) groups is 2. The summed E-state index contributed by atoms with van der Waals surface area (Å²) in [6, 6.07) is 23.4. The van der Waals surface area contributed by atoms with Crippen LogP contribution < -0.4 is 25.0 Å². The second-order valence-electron chi connectivity index (χ2n) is 13.6. The molecule has 1 aliphatic rings. The van der Waals surface area contributed by atoms with E-state index in [0.29, 0.717) is 60.4 Å². The lowest BCUT2D eigenvalue weighted by Gasteiger charge is -2.29. The Morgan fingerprint density at radius 1 is 1.02 bits per heavy atom. The second-order valence-corrected chi connectivity index (χ2v) is 16.1. The summed E-state index contributed by atoms with van der Waals surface area (Å²) in [5, 5.41) is 20.1. The van der Waals surface area contributed by atoms with Crippen molar-refractivity contribution in [2.45, 2.75) is 30.3 Å². The van der Waals surface area contributed by atoms with E-state index < -0.39 is 31.4 Å². The van der Waals surface area contributed by atoms with Gasteiger partial charge in [0.15, 0.2) is 10.9 Å². The van der Waals surface area contributed by atoms with Crippen molar-refractivity contribution in [1.82, 2.24) is 24.0 Å². The van der Waals surface area contributed by atoms with Gasteiger partial charge in [0.1, 0.15) is 29.4 Å². The molecule has 3 N–H and O–H groups in total. The first kappa shape index (κ1) is 38.9. The molecule has 294 valence electrons. The molecule has 6 aromatic rings. The summed E-state index contributed by atoms with van der Waals surface area (Å²) in [5.41, 5.74) is 2.48. The summed E-state index contributed by atoms with van der Waals surface area (Å²) < 4.78 is 36.6. The van der Waals surface area contributed by atoms with Gasteiger partial charge in [0.2, 0.25) is 0 Å². The van der Waals surface area contributed by atoms with Gasteiger partial charge in [-0.2, -0.15) is 0 Å². The van der Waals surface area contributed by atoms with Crippen molar-refractivity contribution < 1.29 is 27.7 Å². The van der Waals surface area contributed by atoms with E-state index in [1.54, 1.807) is 12.3 Å². The first-order chi connectivity index (χ1) is 27.4. The number of nitro groups is 1. The highest BCUT2D eigenvalue weighted by Gasteiger charge is 2.28. The lowest BCUT2D eigenvalue weighted by Crippen LogP contribution is -2.33. The van der Waals surface area contributed by atoms with E-state index in [1.165, 1.54) is 17.5 Å². The number of hydrogen-bond donors (Lipinski definition) is 3. The zero-order valence-electron chi connectivity index (χ0n) is 31.0. The molecule has 16 nitrogen and oxygen atoms in total. The number of thiazole rings is 1. The number of hydrogen-bond acceptors (Lipinski definition) is 13. The number of carbonyl (C=O) groups excluding carboxylic acids is 2. The van der Waals surface area contributed by atoms with E-state index in [9.17, 15) is 28.1 Å². The maximum atomic E-state index is 13.4. The number of fused-ring (bicyclic) bond motifs is 2. The van der Waals surface area contributed by atoms with Crippen LogP contribution in [-0.4, -0.2) is 84.3 Å². The summed E-state index contributed by atoms with van der Waals surface area (Å²) in [6.45, 7) is 1.74. The molecular formula is C39H39N9O7S2. The monoisotopic (exact) mass is 809 g/mol. The van der Waals surface area contributed by atoms with Gasteiger partial charge in [-0.15, -0.1) is 11.3 Å². The standard InChI is InChI=1S/C39H39N9O7S2/c1-45(2)19-17-27(24-55-28-10-4-3-5-11-28)40-32-15-14-29(21-34(32)48(51)52)57(53,54)44-38(50)33-25-56-39(41-33)47-20-16-26-9-8-12-30(31(26)22-47)37(49)43-35-23-46-18-7-6-13-36(46)42-35/h3-15,18,21,23,25,27,40H,16-17,19-20,22,24H2,1-2H3,(H,43,49)(H,44,50)/t27-/m1/s1. The Kier molecular flexibility index (Phi) is 11.4. The van der Waals surface area contributed by atoms with Crippen molar-refractivity contribution in [1.29, 1.82) is 0 Å². The average molecular weight is 810 g/mol. The number of amides is 2. The summed E-state index contributed by atoms with van der Waals surface area (Å²) in [4.78, 5) is 50.5. The zero-order valence-corrected chi connectivity index (χ0v) is 32.6. The molecule has 0 aliphatic carbocycles. The molecule has 3 aromatic heterocycles. The third kappa shape index (κ3) is 9.20. The van der Waals surface area contributed by atoms with Crippen LogP contribution >= 0.6 is 11.3 Å². The van der Waals surface area contributed by atoms with Crippen LogP contribution in [0.2, 0.25) is 0 Å². The van der Waals surface area contributed by atoms with Crippen LogP contribution in [0, 0.1) is 10.1 Å². The fourth-order valence-corrected chi connectivity index (χ4v) is 8.19. The molecule has 1 aliphatic heterocycles. The van der Waals surface area contributed by atoms with Crippen LogP contribution in [0.3, 0.4) is 0 Å². The number of nitro benzene ring substituents is 1. The predicted octanol–water partition coefficient (Wildman–Crippen LogP) is 5.44. The largest absolute Gasteiger partial charge is 0.491 e. The molecule has 0 saturated heterocycles. The smallest absolute Gasteiger partial charge is 0.293 e. The number of nitrogens with zero attached hydrogens (tertiary/aromatic N) is 6. The molecular weight excluding hydrogens is 771 g/mol. The summed E-state index contributed by atoms with van der Waals surface area (Å²) in [5.74, 6) is -0.247. The predicted molar refractivity (Wildman–Crippen MR) is 217 cm³/mol. The van der Waals surface area contributed by atoms with Crippen LogP contribution in [0.15, 0.2) is 108 Å². The Bertz CT molecular complexity index is 2510. The number of para-hydroxylation sites is 1. The number of benzene rings is 3. The molecule has 7 rings (SSSR count). The minimum Gasteiger partial charge on any atom is -0.491 e. The number of pyridine rings is 1. The first-order valence-corrected chi connectivity index (χ1v) is 20.3. The van der Waals surface area contributed by atoms with Gasteiger partial charge >= 0.3 is 0 Å². The molecule has 0 unspecified atom stereocenters. The van der Waals surface area contributed by atoms with E-state index in [4.69, 9.17) is 4.74 Å². The normalized spacial score (nSPS) is 13.2. The molecule has 2 amide bonds. The van der Waals surface area contributed by atoms with Crippen LogP contribution in [0.4, 0.5) is 22.3 Å². The number of imidazole rings is 1. The number of sulfonamides is 1. The van der Waals surface area contributed by atoms with Gasteiger partial charge in [-0.05, 0) is 87.1 Å². The number of ether oxygens (including phenoxy) is 1. The fraction of sp³-hybridized carbons (Fsp3) is 0.231. The molecule has 1 atom stereocenters. The molecule has 0 saturated carbocycles. The average Bonchev–Trinajstić information content (AvgIpc) is 3.86. The third-order valence-corrected chi connectivity index (χ3v) is 11.5. The molecule has 0 spiro atoms. The maximum absolute atomic E-state index is 13.4. The van der Waals surface area contributed by atoms with Crippen molar-refractivity contribution >= 4 is 61.1 Å². The van der Waals surface area contributed by atoms with E-state index in [0.717, 1.165) is 28.5 Å². The molecule has 0 fully saturated rings. The number of nitrogens with one attached hydrogen (secondary N) is 3. The molecule has 57 heavy (non-hydrogen) atoms. The van der Waals surface area contributed by atoms with Crippen LogP contribution in [0.5, 0.6) is 5.75 Å². The van der Waals surface area contributed by atoms with E-state index in [1.807, 2.05) is 99.9 Å². The van der Waals surface area contributed by atoms with Gasteiger partial charge < -0.3 is 29.6 Å². The van der Waals surface area contributed by atoms with Gasteiger partial charge in [-0.25, -0.2) is 23.1 Å². The van der Waals surface area contributed by atoms with Crippen molar-refractivity contribution in [3.63, 3.8) is 0 Å². The topological polar surface area (TPSA) is 193 Å². The Hall–Kier alpha value is -6.37. The van der Waals surface area contributed by atoms with Gasteiger partial charge in [-0.1, -0.05) is 36.4 Å². The van der Waals surface area contributed by atoms with E-state index >= 15 is 0 Å². The van der Waals surface area contributed by atoms with Gasteiger partial charge in [0.25, 0.3) is 27.5 Å². The molecule has 0 radical (unpaired) electrons. The lowest BCUT2D eigenvalue weighted by molar-refractivity contribution is -0.384. The number of aromatic nitrogens is 3.